The van der Waals surface area contributed by atoms with Crippen molar-refractivity contribution in [3.63, 3.8) is 0 Å². The molecule has 1 saturated carbocycles. The van der Waals surface area contributed by atoms with Gasteiger partial charge in [-0.15, -0.1) is 0 Å². The van der Waals surface area contributed by atoms with Gasteiger partial charge in [0.25, 0.3) is 0 Å². The van der Waals surface area contributed by atoms with E-state index < -0.39 is 11.9 Å². The molecule has 1 fully saturated rings. The molecule has 0 heterocycles. The van der Waals surface area contributed by atoms with E-state index >= 15 is 0 Å². The van der Waals surface area contributed by atoms with Crippen LogP contribution in [0, 0.1) is 0 Å². The first-order valence-electron chi connectivity index (χ1n) is 5.42. The summed E-state index contributed by atoms with van der Waals surface area (Å²) in [6.45, 7) is 1.43. The number of ether oxygens (including phenoxy) is 3. The zero-order valence-corrected chi connectivity index (χ0v) is 9.78. The number of rotatable bonds is 5. The van der Waals surface area contributed by atoms with Gasteiger partial charge in [-0.1, -0.05) is 0 Å². The predicted octanol–water partition coefficient (Wildman–Crippen LogP) is 1.05. The first-order chi connectivity index (χ1) is 7.56. The summed E-state index contributed by atoms with van der Waals surface area (Å²) in [5, 5.41) is 0. The molecular weight excluding hydrogens is 212 g/mol. The monoisotopic (exact) mass is 230 g/mol. The van der Waals surface area contributed by atoms with Gasteiger partial charge in [-0.3, -0.25) is 0 Å². The molecule has 0 spiro atoms. The van der Waals surface area contributed by atoms with Crippen LogP contribution in [0.3, 0.4) is 0 Å². The van der Waals surface area contributed by atoms with Gasteiger partial charge in [0.2, 0.25) is 0 Å². The van der Waals surface area contributed by atoms with Crippen LogP contribution in [0.2, 0.25) is 0 Å². The Morgan fingerprint density at radius 3 is 2.31 bits per heavy atom. The molecule has 1 aliphatic rings. The molecule has 0 saturated heterocycles. The third kappa shape index (κ3) is 4.18. The van der Waals surface area contributed by atoms with E-state index in [4.69, 9.17) is 4.74 Å². The van der Waals surface area contributed by atoms with Gasteiger partial charge in [-0.25, -0.2) is 9.59 Å². The maximum Gasteiger partial charge on any atom is 0.344 e. The fourth-order valence-electron chi connectivity index (χ4n) is 1.83. The van der Waals surface area contributed by atoms with Crippen molar-refractivity contribution in [3.8, 4) is 0 Å². The summed E-state index contributed by atoms with van der Waals surface area (Å²) in [4.78, 5) is 22.3. The largest absolute Gasteiger partial charge is 0.457 e. The number of esters is 2. The van der Waals surface area contributed by atoms with E-state index in [1.807, 2.05) is 6.92 Å². The van der Waals surface area contributed by atoms with Gasteiger partial charge in [0.15, 0.2) is 6.61 Å². The highest BCUT2D eigenvalue weighted by Gasteiger charge is 2.32. The van der Waals surface area contributed by atoms with Gasteiger partial charge in [0, 0.05) is 7.11 Å². The molecule has 0 aliphatic heterocycles. The Balaban J connectivity index is 2.22. The summed E-state index contributed by atoms with van der Waals surface area (Å²) in [5.74, 6) is -1.05. The maximum atomic E-state index is 11.4. The molecule has 1 rings (SSSR count). The molecule has 5 heteroatoms. The lowest BCUT2D eigenvalue weighted by molar-refractivity contribution is -0.169. The van der Waals surface area contributed by atoms with Gasteiger partial charge in [-0.05, 0) is 32.6 Å². The minimum absolute atomic E-state index is 0.148. The number of methoxy groups -OCH3 is 1. The van der Waals surface area contributed by atoms with E-state index in [0.717, 1.165) is 25.7 Å². The number of hydrogen-bond acceptors (Lipinski definition) is 5. The van der Waals surface area contributed by atoms with Crippen LogP contribution >= 0.6 is 0 Å². The average Bonchev–Trinajstić information content (AvgIpc) is 2.62. The summed E-state index contributed by atoms with van der Waals surface area (Å²) in [5.41, 5.74) is -0.370. The van der Waals surface area contributed by atoms with Gasteiger partial charge < -0.3 is 14.2 Å². The summed E-state index contributed by atoms with van der Waals surface area (Å²) in [6, 6.07) is 0. The van der Waals surface area contributed by atoms with E-state index in [-0.39, 0.29) is 18.8 Å². The van der Waals surface area contributed by atoms with Crippen molar-refractivity contribution in [2.24, 2.45) is 0 Å². The Hall–Kier alpha value is -1.10. The van der Waals surface area contributed by atoms with Crippen LogP contribution in [0.4, 0.5) is 0 Å². The molecule has 0 N–H and O–H groups in total. The van der Waals surface area contributed by atoms with Crippen LogP contribution in [-0.4, -0.2) is 37.9 Å². The van der Waals surface area contributed by atoms with E-state index in [1.54, 1.807) is 0 Å². The van der Waals surface area contributed by atoms with Crippen molar-refractivity contribution in [2.75, 3.05) is 20.3 Å². The van der Waals surface area contributed by atoms with Gasteiger partial charge in [0.05, 0.1) is 0 Å². The van der Waals surface area contributed by atoms with Crippen LogP contribution in [0.5, 0.6) is 0 Å². The molecule has 0 amide bonds. The van der Waals surface area contributed by atoms with Gasteiger partial charge >= 0.3 is 11.9 Å². The molecule has 5 nitrogen and oxygen atoms in total. The molecule has 16 heavy (non-hydrogen) atoms. The molecule has 0 aromatic heterocycles. The standard InChI is InChI=1S/C11H18O5/c1-11(5-3-4-6-11)16-10(13)8-15-9(12)7-14-2/h3-8H2,1-2H3. The number of hydrogen-bond donors (Lipinski definition) is 0. The average molecular weight is 230 g/mol. The lowest BCUT2D eigenvalue weighted by Gasteiger charge is -2.23. The SMILES string of the molecule is COCC(=O)OCC(=O)OC1(C)CCCC1. The van der Waals surface area contributed by atoms with Crippen molar-refractivity contribution in [3.05, 3.63) is 0 Å². The van der Waals surface area contributed by atoms with Crippen molar-refractivity contribution in [1.29, 1.82) is 0 Å². The van der Waals surface area contributed by atoms with Crippen LogP contribution in [0.1, 0.15) is 32.6 Å². The van der Waals surface area contributed by atoms with E-state index in [9.17, 15) is 9.59 Å². The van der Waals surface area contributed by atoms with Crippen molar-refractivity contribution >= 4 is 11.9 Å². The van der Waals surface area contributed by atoms with Crippen LogP contribution < -0.4 is 0 Å². The van der Waals surface area contributed by atoms with E-state index in [1.165, 1.54) is 7.11 Å². The summed E-state index contributed by atoms with van der Waals surface area (Å²) >= 11 is 0. The Kier molecular flexibility index (Phi) is 4.73. The highest BCUT2D eigenvalue weighted by atomic mass is 16.6. The Morgan fingerprint density at radius 2 is 1.75 bits per heavy atom. The fourth-order valence-corrected chi connectivity index (χ4v) is 1.83. The van der Waals surface area contributed by atoms with Gasteiger partial charge in [-0.2, -0.15) is 0 Å². The first kappa shape index (κ1) is 13.0. The molecule has 0 bridgehead atoms. The maximum absolute atomic E-state index is 11.4. The molecular formula is C11H18O5. The molecule has 0 unspecified atom stereocenters. The number of carbonyl (C=O) groups excluding carboxylic acids is 2. The second-order valence-corrected chi connectivity index (χ2v) is 4.22. The molecule has 0 radical (unpaired) electrons. The topological polar surface area (TPSA) is 61.8 Å². The highest BCUT2D eigenvalue weighted by molar-refractivity contribution is 5.77. The molecule has 0 aromatic carbocycles. The summed E-state index contributed by atoms with van der Waals surface area (Å²) in [7, 11) is 1.39. The summed E-state index contributed by atoms with van der Waals surface area (Å²) < 4.78 is 14.5. The zero-order valence-electron chi connectivity index (χ0n) is 9.78. The summed E-state index contributed by atoms with van der Waals surface area (Å²) in [6.07, 6.45) is 3.91. The van der Waals surface area contributed by atoms with Crippen LogP contribution in [0.25, 0.3) is 0 Å². The molecule has 0 aromatic rings. The smallest absolute Gasteiger partial charge is 0.344 e. The molecule has 92 valence electrons. The first-order valence-corrected chi connectivity index (χ1v) is 5.42. The molecule has 0 atom stereocenters. The van der Waals surface area contributed by atoms with Crippen molar-refractivity contribution in [1.82, 2.24) is 0 Å². The predicted molar refractivity (Wildman–Crippen MR) is 55.8 cm³/mol. The third-order valence-electron chi connectivity index (χ3n) is 2.63. The quantitative estimate of drug-likeness (QED) is 0.661. The lowest BCUT2D eigenvalue weighted by atomic mass is 10.1. The Labute approximate surface area is 95.0 Å². The van der Waals surface area contributed by atoms with E-state index in [2.05, 4.69) is 9.47 Å². The van der Waals surface area contributed by atoms with E-state index in [0.29, 0.717) is 0 Å². The normalized spacial score (nSPS) is 18.1. The lowest BCUT2D eigenvalue weighted by Crippen LogP contribution is -2.31. The number of carbonyl (C=O) groups is 2. The minimum Gasteiger partial charge on any atom is -0.457 e. The third-order valence-corrected chi connectivity index (χ3v) is 2.63. The van der Waals surface area contributed by atoms with Crippen LogP contribution in [0.15, 0.2) is 0 Å². The fraction of sp³-hybridized carbons (Fsp3) is 0.818. The second-order valence-electron chi connectivity index (χ2n) is 4.22. The van der Waals surface area contributed by atoms with Crippen molar-refractivity contribution < 1.29 is 23.8 Å². The van der Waals surface area contributed by atoms with Gasteiger partial charge in [0.1, 0.15) is 12.2 Å². The Morgan fingerprint density at radius 1 is 1.12 bits per heavy atom. The molecule has 1 aliphatic carbocycles. The zero-order chi connectivity index (χ0) is 12.0. The Bertz CT molecular complexity index is 255. The minimum atomic E-state index is -0.559. The van der Waals surface area contributed by atoms with Crippen molar-refractivity contribution in [2.45, 2.75) is 38.2 Å². The highest BCUT2D eigenvalue weighted by Crippen LogP contribution is 2.32. The second kappa shape index (κ2) is 5.84. The van der Waals surface area contributed by atoms with Crippen LogP contribution in [-0.2, 0) is 23.8 Å².